The highest BCUT2D eigenvalue weighted by molar-refractivity contribution is 5.87. The molecular formula is C16H22N2O2. The van der Waals surface area contributed by atoms with E-state index in [9.17, 15) is 4.79 Å². The summed E-state index contributed by atoms with van der Waals surface area (Å²) < 4.78 is 4.85. The van der Waals surface area contributed by atoms with Gasteiger partial charge in [-0.25, -0.2) is 4.79 Å². The smallest absolute Gasteiger partial charge is 0.330 e. The van der Waals surface area contributed by atoms with Gasteiger partial charge in [0, 0.05) is 5.71 Å². The highest BCUT2D eigenvalue weighted by Crippen LogP contribution is 2.21. The van der Waals surface area contributed by atoms with Crippen molar-refractivity contribution in [2.24, 2.45) is 5.10 Å². The Labute approximate surface area is 120 Å². The fourth-order valence-electron chi connectivity index (χ4n) is 2.43. The molecule has 0 N–H and O–H groups in total. The molecule has 0 bridgehead atoms. The molecule has 1 atom stereocenters. The third-order valence-electron chi connectivity index (χ3n) is 3.61. The Kier molecular flexibility index (Phi) is 5.16. The van der Waals surface area contributed by atoms with E-state index in [1.54, 1.807) is 5.01 Å². The third kappa shape index (κ3) is 3.59. The Balaban J connectivity index is 2.26. The zero-order valence-electron chi connectivity index (χ0n) is 12.2. The van der Waals surface area contributed by atoms with Gasteiger partial charge in [0.1, 0.15) is 6.04 Å². The highest BCUT2D eigenvalue weighted by atomic mass is 16.5. The summed E-state index contributed by atoms with van der Waals surface area (Å²) in [4.78, 5) is 11.8. The van der Waals surface area contributed by atoms with Crippen LogP contribution in [0.15, 0.2) is 35.4 Å². The number of carbonyl (C=O) groups excluding carboxylic acids is 1. The Hall–Kier alpha value is -1.84. The van der Waals surface area contributed by atoms with Crippen LogP contribution in [0.3, 0.4) is 0 Å². The molecule has 20 heavy (non-hydrogen) atoms. The maximum Gasteiger partial charge on any atom is 0.330 e. The molecule has 0 aliphatic heterocycles. The van der Waals surface area contributed by atoms with Crippen LogP contribution in [0.5, 0.6) is 0 Å². The van der Waals surface area contributed by atoms with Crippen LogP contribution in [-0.2, 0) is 9.53 Å². The van der Waals surface area contributed by atoms with E-state index < -0.39 is 6.04 Å². The summed E-state index contributed by atoms with van der Waals surface area (Å²) in [5, 5.41) is 6.51. The van der Waals surface area contributed by atoms with Crippen LogP contribution in [0.1, 0.15) is 39.0 Å². The van der Waals surface area contributed by atoms with Crippen molar-refractivity contribution >= 4 is 17.4 Å². The van der Waals surface area contributed by atoms with Gasteiger partial charge in [-0.1, -0.05) is 24.6 Å². The second-order valence-corrected chi connectivity index (χ2v) is 5.11. The topological polar surface area (TPSA) is 41.9 Å². The van der Waals surface area contributed by atoms with E-state index >= 15 is 0 Å². The van der Waals surface area contributed by atoms with E-state index in [4.69, 9.17) is 9.84 Å². The predicted molar refractivity (Wildman–Crippen MR) is 80.9 cm³/mol. The summed E-state index contributed by atoms with van der Waals surface area (Å²) >= 11 is 0. The lowest BCUT2D eigenvalue weighted by Crippen LogP contribution is -2.37. The molecule has 108 valence electrons. The first-order valence-electron chi connectivity index (χ1n) is 7.21. The average molecular weight is 274 g/mol. The standard InChI is InChI=1S/C16H22N2O2/c1-13(16(19)20-2)18(15-11-7-4-8-12-15)17-14-9-5-3-6-10-14/h4,7-8,11-13H,3,5-6,9-10H2,1-2H3. The number of rotatable bonds is 4. The van der Waals surface area contributed by atoms with Crippen molar-refractivity contribution in [3.63, 3.8) is 0 Å². The number of hydrazone groups is 1. The van der Waals surface area contributed by atoms with Crippen LogP contribution in [0.2, 0.25) is 0 Å². The largest absolute Gasteiger partial charge is 0.467 e. The van der Waals surface area contributed by atoms with Crippen molar-refractivity contribution in [3.05, 3.63) is 30.3 Å². The van der Waals surface area contributed by atoms with Gasteiger partial charge in [-0.3, -0.25) is 5.01 Å². The summed E-state index contributed by atoms with van der Waals surface area (Å²) in [6.07, 6.45) is 5.70. The lowest BCUT2D eigenvalue weighted by atomic mass is 9.99. The zero-order valence-corrected chi connectivity index (χ0v) is 12.2. The second kappa shape index (κ2) is 7.08. The summed E-state index contributed by atoms with van der Waals surface area (Å²) in [7, 11) is 1.41. The van der Waals surface area contributed by atoms with Gasteiger partial charge in [-0.15, -0.1) is 0 Å². The molecule has 0 heterocycles. The fraction of sp³-hybridized carbons (Fsp3) is 0.500. The number of carbonyl (C=O) groups is 1. The zero-order chi connectivity index (χ0) is 14.4. The Morgan fingerprint density at radius 1 is 1.20 bits per heavy atom. The van der Waals surface area contributed by atoms with Gasteiger partial charge in [-0.2, -0.15) is 5.10 Å². The molecule has 1 saturated carbocycles. The van der Waals surface area contributed by atoms with Gasteiger partial charge >= 0.3 is 5.97 Å². The van der Waals surface area contributed by atoms with Crippen molar-refractivity contribution in [3.8, 4) is 0 Å². The van der Waals surface area contributed by atoms with Gasteiger partial charge in [0.05, 0.1) is 12.8 Å². The van der Waals surface area contributed by atoms with Crippen molar-refractivity contribution < 1.29 is 9.53 Å². The third-order valence-corrected chi connectivity index (χ3v) is 3.61. The summed E-state index contributed by atoms with van der Waals surface area (Å²) in [5.41, 5.74) is 2.10. The molecule has 0 saturated heterocycles. The Bertz CT molecular complexity index is 463. The highest BCUT2D eigenvalue weighted by Gasteiger charge is 2.23. The number of methoxy groups -OCH3 is 1. The number of anilines is 1. The van der Waals surface area contributed by atoms with Crippen LogP contribution >= 0.6 is 0 Å². The Morgan fingerprint density at radius 3 is 2.45 bits per heavy atom. The molecule has 1 aromatic rings. The van der Waals surface area contributed by atoms with Crippen LogP contribution in [0.25, 0.3) is 0 Å². The molecule has 1 aliphatic rings. The molecule has 4 heteroatoms. The van der Waals surface area contributed by atoms with Gasteiger partial charge < -0.3 is 4.74 Å². The van der Waals surface area contributed by atoms with Crippen LogP contribution < -0.4 is 5.01 Å². The maximum atomic E-state index is 11.8. The van der Waals surface area contributed by atoms with Gasteiger partial charge in [0.25, 0.3) is 0 Å². The monoisotopic (exact) mass is 274 g/mol. The van der Waals surface area contributed by atoms with Gasteiger partial charge in [-0.05, 0) is 44.7 Å². The van der Waals surface area contributed by atoms with Crippen molar-refractivity contribution in [2.45, 2.75) is 45.1 Å². The number of para-hydroxylation sites is 1. The number of esters is 1. The van der Waals surface area contributed by atoms with Crippen molar-refractivity contribution in [2.75, 3.05) is 12.1 Å². The Morgan fingerprint density at radius 2 is 1.85 bits per heavy atom. The van der Waals surface area contributed by atoms with E-state index in [1.807, 2.05) is 37.3 Å². The van der Waals surface area contributed by atoms with Crippen molar-refractivity contribution in [1.82, 2.24) is 0 Å². The van der Waals surface area contributed by atoms with Gasteiger partial charge in [0.2, 0.25) is 0 Å². The first-order chi connectivity index (χ1) is 9.72. The van der Waals surface area contributed by atoms with E-state index in [0.717, 1.165) is 18.5 Å². The van der Waals surface area contributed by atoms with E-state index in [2.05, 4.69) is 0 Å². The molecular weight excluding hydrogens is 252 g/mol. The molecule has 0 amide bonds. The lowest BCUT2D eigenvalue weighted by molar-refractivity contribution is -0.141. The van der Waals surface area contributed by atoms with E-state index in [1.165, 1.54) is 32.1 Å². The summed E-state index contributed by atoms with van der Waals surface area (Å²) in [6.45, 7) is 1.83. The van der Waals surface area contributed by atoms with Gasteiger partial charge in [0.15, 0.2) is 0 Å². The fourth-order valence-corrected chi connectivity index (χ4v) is 2.43. The molecule has 2 rings (SSSR count). The minimum absolute atomic E-state index is 0.269. The number of hydrogen-bond donors (Lipinski definition) is 0. The molecule has 0 spiro atoms. The number of nitrogens with zero attached hydrogens (tertiary/aromatic N) is 2. The maximum absolute atomic E-state index is 11.8. The number of hydrogen-bond acceptors (Lipinski definition) is 4. The average Bonchev–Trinajstić information content (AvgIpc) is 2.53. The quantitative estimate of drug-likeness (QED) is 0.624. The minimum atomic E-state index is -0.420. The molecule has 1 unspecified atom stereocenters. The normalized spacial score (nSPS) is 16.4. The molecule has 1 aliphatic carbocycles. The molecule has 0 aromatic heterocycles. The summed E-state index contributed by atoms with van der Waals surface area (Å²) in [6, 6.07) is 9.37. The first-order valence-corrected chi connectivity index (χ1v) is 7.21. The molecule has 1 aromatic carbocycles. The number of benzene rings is 1. The summed E-state index contributed by atoms with van der Waals surface area (Å²) in [5.74, 6) is -0.269. The predicted octanol–water partition coefficient (Wildman–Crippen LogP) is 3.37. The number of ether oxygens (including phenoxy) is 1. The first kappa shape index (κ1) is 14.6. The molecule has 4 nitrogen and oxygen atoms in total. The SMILES string of the molecule is COC(=O)C(C)N(N=C1CCCCC1)c1ccccc1. The van der Waals surface area contributed by atoms with E-state index in [-0.39, 0.29) is 5.97 Å². The second-order valence-electron chi connectivity index (χ2n) is 5.11. The van der Waals surface area contributed by atoms with E-state index in [0.29, 0.717) is 0 Å². The van der Waals surface area contributed by atoms with Crippen LogP contribution in [0, 0.1) is 0 Å². The molecule has 1 fully saturated rings. The van der Waals surface area contributed by atoms with Crippen molar-refractivity contribution in [1.29, 1.82) is 0 Å². The lowest BCUT2D eigenvalue weighted by Gasteiger charge is -2.26. The van der Waals surface area contributed by atoms with Crippen LogP contribution in [-0.4, -0.2) is 24.8 Å². The minimum Gasteiger partial charge on any atom is -0.467 e. The molecule has 0 radical (unpaired) electrons. The van der Waals surface area contributed by atoms with Crippen LogP contribution in [0.4, 0.5) is 5.69 Å².